The summed E-state index contributed by atoms with van der Waals surface area (Å²) < 4.78 is 51.1. The van der Waals surface area contributed by atoms with Gasteiger partial charge < -0.3 is 4.98 Å². The molecule has 0 aliphatic heterocycles. The van der Waals surface area contributed by atoms with E-state index in [4.69, 9.17) is 0 Å². The fraction of sp³-hybridized carbons (Fsp3) is 0.400. The zero-order valence-corrected chi connectivity index (χ0v) is 9.25. The lowest BCUT2D eigenvalue weighted by Crippen LogP contribution is -2.13. The van der Waals surface area contributed by atoms with Crippen molar-refractivity contribution < 1.29 is 17.6 Å². The topological polar surface area (TPSA) is 50.7 Å². The molecule has 0 unspecified atom stereocenters. The number of rotatable bonds is 3. The van der Waals surface area contributed by atoms with Gasteiger partial charge in [0.15, 0.2) is 0 Å². The highest BCUT2D eigenvalue weighted by molar-refractivity contribution is 5.82. The maximum atomic E-state index is 12.8. The molecule has 0 aliphatic rings. The van der Waals surface area contributed by atoms with Crippen molar-refractivity contribution in [3.63, 3.8) is 0 Å². The number of hydrogen-bond acceptors (Lipinski definition) is 2. The molecule has 0 radical (unpaired) electrons. The van der Waals surface area contributed by atoms with Crippen LogP contribution in [-0.2, 0) is 6.54 Å². The molecule has 2 aromatic heterocycles. The Hall–Kier alpha value is -1.86. The minimum absolute atomic E-state index is 0.0188. The summed E-state index contributed by atoms with van der Waals surface area (Å²) in [5.41, 5.74) is -1.19. The van der Waals surface area contributed by atoms with E-state index >= 15 is 0 Å². The molecule has 8 heteroatoms. The second-order valence-corrected chi connectivity index (χ2v) is 3.77. The average molecular weight is 263 g/mol. The summed E-state index contributed by atoms with van der Waals surface area (Å²) in [6.07, 6.45) is -5.55. The van der Waals surface area contributed by atoms with E-state index in [1.165, 1.54) is 6.92 Å². The molecule has 0 spiro atoms. The summed E-state index contributed by atoms with van der Waals surface area (Å²) >= 11 is 0. The molecule has 2 rings (SSSR count). The zero-order valence-electron chi connectivity index (χ0n) is 9.25. The number of aromatic nitrogens is 3. The van der Waals surface area contributed by atoms with Crippen molar-refractivity contribution in [2.75, 3.05) is 0 Å². The number of nitrogens with one attached hydrogen (secondary N) is 1. The second kappa shape index (κ2) is 4.43. The molecule has 0 amide bonds. The molecule has 98 valence electrons. The number of halogens is 4. The Morgan fingerprint density at radius 1 is 1.39 bits per heavy atom. The van der Waals surface area contributed by atoms with E-state index in [0.717, 1.165) is 10.7 Å². The van der Waals surface area contributed by atoms with Crippen molar-refractivity contribution in [2.24, 2.45) is 0 Å². The van der Waals surface area contributed by atoms with Crippen LogP contribution in [0.15, 0.2) is 10.9 Å². The van der Waals surface area contributed by atoms with Gasteiger partial charge in [-0.2, -0.15) is 5.10 Å². The first-order valence-electron chi connectivity index (χ1n) is 5.06. The van der Waals surface area contributed by atoms with Crippen LogP contribution in [0.3, 0.4) is 0 Å². The first-order chi connectivity index (χ1) is 8.40. The molecule has 0 saturated carbocycles. The Labute approximate surface area is 98.2 Å². The summed E-state index contributed by atoms with van der Waals surface area (Å²) in [5.74, 6) is 0. The van der Waals surface area contributed by atoms with Crippen LogP contribution in [0, 0.1) is 6.92 Å². The molecule has 0 bridgehead atoms. The quantitative estimate of drug-likeness (QED) is 0.863. The minimum Gasteiger partial charge on any atom is -0.307 e. The monoisotopic (exact) mass is 263 g/mol. The molecule has 0 aliphatic carbocycles. The SMILES string of the molecule is Cc1nn(CC(F)F)c2[nH]c(=O)cc(C(F)F)c12. The molecule has 0 saturated heterocycles. The van der Waals surface area contributed by atoms with E-state index in [1.807, 2.05) is 0 Å². The van der Waals surface area contributed by atoms with Crippen molar-refractivity contribution in [2.45, 2.75) is 26.3 Å². The van der Waals surface area contributed by atoms with Crippen LogP contribution in [0.1, 0.15) is 17.7 Å². The molecule has 18 heavy (non-hydrogen) atoms. The normalized spacial score (nSPS) is 11.9. The van der Waals surface area contributed by atoms with E-state index in [0.29, 0.717) is 0 Å². The van der Waals surface area contributed by atoms with Gasteiger partial charge in [-0.25, -0.2) is 22.2 Å². The number of H-pyrrole nitrogens is 1. The predicted molar refractivity (Wildman–Crippen MR) is 56.1 cm³/mol. The van der Waals surface area contributed by atoms with Gasteiger partial charge in [0, 0.05) is 17.0 Å². The van der Waals surface area contributed by atoms with Gasteiger partial charge in [0.25, 0.3) is 12.9 Å². The Morgan fingerprint density at radius 3 is 2.61 bits per heavy atom. The third-order valence-corrected chi connectivity index (χ3v) is 2.49. The lowest BCUT2D eigenvalue weighted by molar-refractivity contribution is 0.123. The molecule has 2 aromatic rings. The van der Waals surface area contributed by atoms with Crippen LogP contribution in [-0.4, -0.2) is 21.2 Å². The molecule has 2 heterocycles. The fourth-order valence-corrected chi connectivity index (χ4v) is 1.86. The highest BCUT2D eigenvalue weighted by Gasteiger charge is 2.20. The summed E-state index contributed by atoms with van der Waals surface area (Å²) in [4.78, 5) is 13.5. The standard InChI is InChI=1S/C10H9F4N3O/c1-4-8-5(9(13)14)2-7(18)15-10(8)17(16-4)3-6(11)12/h2,6,9H,3H2,1H3,(H,15,18). The summed E-state index contributed by atoms with van der Waals surface area (Å²) in [7, 11) is 0. The summed E-state index contributed by atoms with van der Waals surface area (Å²) in [6, 6.07) is 0.758. The second-order valence-electron chi connectivity index (χ2n) is 3.77. The molecule has 0 fully saturated rings. The lowest BCUT2D eigenvalue weighted by Gasteiger charge is -2.04. The maximum absolute atomic E-state index is 12.8. The third kappa shape index (κ3) is 2.09. The Kier molecular flexibility index (Phi) is 3.10. The maximum Gasteiger partial charge on any atom is 0.264 e. The third-order valence-electron chi connectivity index (χ3n) is 2.49. The van der Waals surface area contributed by atoms with Crippen molar-refractivity contribution >= 4 is 11.0 Å². The van der Waals surface area contributed by atoms with Gasteiger partial charge in [-0.15, -0.1) is 0 Å². The first kappa shape index (κ1) is 12.6. The van der Waals surface area contributed by atoms with E-state index in [2.05, 4.69) is 10.1 Å². The molecular weight excluding hydrogens is 254 g/mol. The number of alkyl halides is 4. The number of fused-ring (bicyclic) bond motifs is 1. The number of aryl methyl sites for hydroxylation is 1. The van der Waals surface area contributed by atoms with Gasteiger partial charge in [0.1, 0.15) is 12.2 Å². The summed E-state index contributed by atoms with van der Waals surface area (Å²) in [6.45, 7) is 0.668. The summed E-state index contributed by atoms with van der Waals surface area (Å²) in [5, 5.41) is 3.77. The van der Waals surface area contributed by atoms with Crippen LogP contribution in [0.25, 0.3) is 11.0 Å². The van der Waals surface area contributed by atoms with Crippen LogP contribution >= 0.6 is 0 Å². The van der Waals surface area contributed by atoms with Gasteiger partial charge in [0.05, 0.1) is 5.69 Å². The van der Waals surface area contributed by atoms with Gasteiger partial charge in [0.2, 0.25) is 5.56 Å². The molecule has 1 N–H and O–H groups in total. The molecular formula is C10H9F4N3O. The molecule has 0 aromatic carbocycles. The van der Waals surface area contributed by atoms with Crippen molar-refractivity contribution in [1.29, 1.82) is 0 Å². The van der Waals surface area contributed by atoms with Crippen molar-refractivity contribution in [3.8, 4) is 0 Å². The van der Waals surface area contributed by atoms with Crippen LogP contribution in [0.5, 0.6) is 0 Å². The number of aromatic amines is 1. The number of pyridine rings is 1. The van der Waals surface area contributed by atoms with E-state index < -0.39 is 30.5 Å². The highest BCUT2D eigenvalue weighted by Crippen LogP contribution is 2.27. The van der Waals surface area contributed by atoms with Crippen LogP contribution in [0.4, 0.5) is 17.6 Å². The Bertz CT molecular complexity index is 632. The first-order valence-corrected chi connectivity index (χ1v) is 5.06. The molecule has 0 atom stereocenters. The fourth-order valence-electron chi connectivity index (χ4n) is 1.86. The smallest absolute Gasteiger partial charge is 0.264 e. The average Bonchev–Trinajstić information content (AvgIpc) is 2.53. The van der Waals surface area contributed by atoms with E-state index in [9.17, 15) is 22.4 Å². The van der Waals surface area contributed by atoms with Crippen molar-refractivity contribution in [1.82, 2.24) is 14.8 Å². The van der Waals surface area contributed by atoms with Gasteiger partial charge >= 0.3 is 0 Å². The van der Waals surface area contributed by atoms with Crippen molar-refractivity contribution in [3.05, 3.63) is 27.7 Å². The van der Waals surface area contributed by atoms with Gasteiger partial charge in [-0.3, -0.25) is 4.79 Å². The lowest BCUT2D eigenvalue weighted by atomic mass is 10.1. The number of hydrogen-bond donors (Lipinski definition) is 1. The van der Waals surface area contributed by atoms with Gasteiger partial charge in [-0.1, -0.05) is 0 Å². The highest BCUT2D eigenvalue weighted by atomic mass is 19.3. The Morgan fingerprint density at radius 2 is 2.06 bits per heavy atom. The zero-order chi connectivity index (χ0) is 13.4. The van der Waals surface area contributed by atoms with Gasteiger partial charge in [-0.05, 0) is 6.92 Å². The van der Waals surface area contributed by atoms with E-state index in [-0.39, 0.29) is 16.7 Å². The van der Waals surface area contributed by atoms with Crippen LogP contribution < -0.4 is 5.56 Å². The van der Waals surface area contributed by atoms with Crippen LogP contribution in [0.2, 0.25) is 0 Å². The number of nitrogens with zero attached hydrogens (tertiary/aromatic N) is 2. The van der Waals surface area contributed by atoms with E-state index in [1.54, 1.807) is 0 Å². The Balaban J connectivity index is 2.75. The largest absolute Gasteiger partial charge is 0.307 e. The predicted octanol–water partition coefficient (Wildman–Crippen LogP) is 2.24. The minimum atomic E-state index is -2.86. The molecule has 4 nitrogen and oxygen atoms in total.